The van der Waals surface area contributed by atoms with E-state index in [1.165, 1.54) is 13.0 Å². The van der Waals surface area contributed by atoms with Crippen LogP contribution in [-0.4, -0.2) is 29.8 Å². The minimum atomic E-state index is -5.10. The van der Waals surface area contributed by atoms with Gasteiger partial charge in [-0.3, -0.25) is 4.90 Å². The summed E-state index contributed by atoms with van der Waals surface area (Å²) in [5, 5.41) is 0. The number of carbonyl (C=O) groups is 1. The molecule has 0 N–H and O–H groups in total. The summed E-state index contributed by atoms with van der Waals surface area (Å²) in [7, 11) is 0. The first-order valence-electron chi connectivity index (χ1n) is 12.7. The lowest BCUT2D eigenvalue weighted by atomic mass is 9.84. The molecule has 2 aromatic carbocycles. The summed E-state index contributed by atoms with van der Waals surface area (Å²) in [5.74, 6) is -1.71. The normalized spacial score (nSPS) is 22.1. The average molecular weight is 592 g/mol. The molecule has 1 unspecified atom stereocenters. The molecule has 1 heterocycles. The average Bonchev–Trinajstić information content (AvgIpc) is 3.15. The van der Waals surface area contributed by atoms with E-state index in [0.29, 0.717) is 23.3 Å². The quantitative estimate of drug-likeness (QED) is 0.325. The van der Waals surface area contributed by atoms with Gasteiger partial charge in [0.2, 0.25) is 0 Å². The van der Waals surface area contributed by atoms with Crippen molar-refractivity contribution in [3.05, 3.63) is 88.0 Å². The smallest absolute Gasteiger partial charge is 0.416 e. The van der Waals surface area contributed by atoms with Gasteiger partial charge < -0.3 is 4.74 Å². The molecule has 1 amide bonds. The van der Waals surface area contributed by atoms with Gasteiger partial charge in [0.15, 0.2) is 0 Å². The molecule has 2 aromatic rings. The first kappa shape index (κ1) is 30.5. The van der Waals surface area contributed by atoms with Crippen LogP contribution >= 0.6 is 0 Å². The number of hydrogen-bond acceptors (Lipinski definition) is 2. The van der Waals surface area contributed by atoms with Crippen LogP contribution in [-0.2, 0) is 17.1 Å². The van der Waals surface area contributed by atoms with Crippen molar-refractivity contribution in [1.82, 2.24) is 4.90 Å². The second-order valence-electron chi connectivity index (χ2n) is 10.5. The maximum atomic E-state index is 13.7. The van der Waals surface area contributed by atoms with Crippen molar-refractivity contribution in [3.8, 4) is 0 Å². The number of benzene rings is 2. The predicted molar refractivity (Wildman–Crippen MR) is 133 cm³/mol. The zero-order valence-electron chi connectivity index (χ0n) is 22.1. The van der Waals surface area contributed by atoms with Crippen LogP contribution in [0.4, 0.5) is 44.3 Å². The minimum absolute atomic E-state index is 0.0310. The zero-order chi connectivity index (χ0) is 30.5. The Bertz CT molecular complexity index is 1340. The highest BCUT2D eigenvalue weighted by atomic mass is 19.4. The fraction of sp³-hybridized carbons (Fsp3) is 0.414. The lowest BCUT2D eigenvalue weighted by Gasteiger charge is -2.29. The molecule has 41 heavy (non-hydrogen) atoms. The van der Waals surface area contributed by atoms with E-state index < -0.39 is 65.8 Å². The predicted octanol–water partition coefficient (Wildman–Crippen LogP) is 9.32. The third-order valence-corrected chi connectivity index (χ3v) is 7.32. The van der Waals surface area contributed by atoms with Gasteiger partial charge in [-0.05, 0) is 65.3 Å². The molecule has 0 radical (unpaired) electrons. The van der Waals surface area contributed by atoms with Gasteiger partial charge in [-0.2, -0.15) is 39.5 Å². The minimum Gasteiger partial charge on any atom is -0.439 e. The molecular weight excluding hydrogens is 565 g/mol. The molecule has 0 saturated carbocycles. The molecule has 0 bridgehead atoms. The van der Waals surface area contributed by atoms with Crippen LogP contribution < -0.4 is 0 Å². The van der Waals surface area contributed by atoms with Crippen molar-refractivity contribution < 1.29 is 49.0 Å². The molecule has 0 spiro atoms. The van der Waals surface area contributed by atoms with Gasteiger partial charge >= 0.3 is 24.6 Å². The number of amides is 1. The van der Waals surface area contributed by atoms with E-state index in [-0.39, 0.29) is 24.1 Å². The Morgan fingerprint density at radius 1 is 0.927 bits per heavy atom. The number of allylic oxidation sites excluding steroid dienone is 3. The molecule has 222 valence electrons. The summed E-state index contributed by atoms with van der Waals surface area (Å²) in [6.07, 6.45) is -15.5. The van der Waals surface area contributed by atoms with Gasteiger partial charge in [0.1, 0.15) is 6.10 Å². The summed E-state index contributed by atoms with van der Waals surface area (Å²) in [6, 6.07) is 7.02. The number of alkyl halides is 9. The fourth-order valence-corrected chi connectivity index (χ4v) is 5.02. The van der Waals surface area contributed by atoms with E-state index in [2.05, 4.69) is 0 Å². The van der Waals surface area contributed by atoms with E-state index in [0.717, 1.165) is 16.5 Å². The lowest BCUT2D eigenvalue weighted by molar-refractivity contribution is -0.161. The standard InChI is InChI=1S/C29H26F9NO2/c1-15(2)17-5-4-6-18(9-17)24-8-7-21(27(30,31)32)12-20(24)14-39-16(3)25(41-26(39)40)19-10-22(28(33,34)35)13-23(11-19)29(36,37)38/h4-11,13,15-16,21,25H,12,14H2,1-3H3/t16-,21?,25-/m0/s1. The van der Waals surface area contributed by atoms with Crippen molar-refractivity contribution in [1.29, 1.82) is 0 Å². The Hall–Kier alpha value is -3.44. The SMILES string of the molecule is CC(C)c1cccc(C2=C(CN3C(=O)O[C@H](c4cc(C(F)(F)F)cc(C(F)(F)F)c4)[C@@H]3C)CC(C(F)(F)F)C=C2)c1. The Morgan fingerprint density at radius 2 is 1.54 bits per heavy atom. The summed E-state index contributed by atoms with van der Waals surface area (Å²) in [4.78, 5) is 13.9. The van der Waals surface area contributed by atoms with Crippen molar-refractivity contribution in [3.63, 3.8) is 0 Å². The van der Waals surface area contributed by atoms with Crippen LogP contribution in [0.3, 0.4) is 0 Å². The van der Waals surface area contributed by atoms with E-state index in [1.807, 2.05) is 26.0 Å². The highest BCUT2D eigenvalue weighted by Gasteiger charge is 2.45. The maximum Gasteiger partial charge on any atom is 0.416 e. The van der Waals surface area contributed by atoms with Gasteiger partial charge in [0, 0.05) is 6.54 Å². The van der Waals surface area contributed by atoms with Crippen molar-refractivity contribution in [2.75, 3.05) is 6.54 Å². The van der Waals surface area contributed by atoms with Crippen LogP contribution in [0.1, 0.15) is 67.0 Å². The van der Waals surface area contributed by atoms with Gasteiger partial charge in [0.05, 0.1) is 23.1 Å². The number of cyclic esters (lactones) is 1. The second kappa shape index (κ2) is 10.8. The number of ether oxygens (including phenoxy) is 1. The molecule has 4 rings (SSSR count). The molecule has 3 nitrogen and oxygen atoms in total. The molecule has 0 aromatic heterocycles. The first-order valence-corrected chi connectivity index (χ1v) is 12.7. The van der Waals surface area contributed by atoms with E-state index in [9.17, 15) is 44.3 Å². The molecular formula is C29H26F9NO2. The molecule has 1 aliphatic heterocycles. The van der Waals surface area contributed by atoms with E-state index >= 15 is 0 Å². The van der Waals surface area contributed by atoms with Gasteiger partial charge in [0.25, 0.3) is 0 Å². The molecule has 1 saturated heterocycles. The first-order chi connectivity index (χ1) is 18.9. The summed E-state index contributed by atoms with van der Waals surface area (Å²) < 4.78 is 127. The number of halogens is 9. The maximum absolute atomic E-state index is 13.7. The van der Waals surface area contributed by atoms with Crippen LogP contribution in [0.25, 0.3) is 5.57 Å². The van der Waals surface area contributed by atoms with E-state index in [1.54, 1.807) is 12.1 Å². The summed E-state index contributed by atoms with van der Waals surface area (Å²) in [5.41, 5.74) is -1.41. The number of rotatable bonds is 5. The Balaban J connectivity index is 1.72. The molecule has 1 aliphatic carbocycles. The monoisotopic (exact) mass is 591 g/mol. The topological polar surface area (TPSA) is 29.5 Å². The van der Waals surface area contributed by atoms with E-state index in [4.69, 9.17) is 4.74 Å². The molecule has 3 atom stereocenters. The number of carbonyl (C=O) groups excluding carboxylic acids is 1. The van der Waals surface area contributed by atoms with Gasteiger partial charge in [-0.1, -0.05) is 50.3 Å². The highest BCUT2D eigenvalue weighted by molar-refractivity contribution is 5.80. The fourth-order valence-electron chi connectivity index (χ4n) is 5.02. The van der Waals surface area contributed by atoms with Gasteiger partial charge in [-0.25, -0.2) is 4.79 Å². The largest absolute Gasteiger partial charge is 0.439 e. The van der Waals surface area contributed by atoms with Crippen molar-refractivity contribution in [2.45, 2.75) is 63.8 Å². The van der Waals surface area contributed by atoms with Crippen molar-refractivity contribution >= 4 is 11.7 Å². The molecule has 12 heteroatoms. The Kier molecular flexibility index (Phi) is 8.01. The zero-order valence-corrected chi connectivity index (χ0v) is 22.1. The van der Waals surface area contributed by atoms with Crippen LogP contribution in [0.15, 0.2) is 60.2 Å². The molecule has 2 aliphatic rings. The number of hydrogen-bond donors (Lipinski definition) is 0. The third kappa shape index (κ3) is 6.56. The number of nitrogens with zero attached hydrogens (tertiary/aromatic N) is 1. The van der Waals surface area contributed by atoms with Crippen LogP contribution in [0.2, 0.25) is 0 Å². The van der Waals surface area contributed by atoms with Gasteiger partial charge in [-0.15, -0.1) is 0 Å². The Morgan fingerprint density at radius 3 is 2.07 bits per heavy atom. The summed E-state index contributed by atoms with van der Waals surface area (Å²) >= 11 is 0. The van der Waals surface area contributed by atoms with Crippen molar-refractivity contribution in [2.24, 2.45) is 5.92 Å². The summed E-state index contributed by atoms with van der Waals surface area (Å²) in [6.45, 7) is 4.90. The van der Waals surface area contributed by atoms with Crippen LogP contribution in [0.5, 0.6) is 0 Å². The Labute approximate surface area is 230 Å². The third-order valence-electron chi connectivity index (χ3n) is 7.32. The second-order valence-corrected chi connectivity index (χ2v) is 10.5. The highest BCUT2D eigenvalue weighted by Crippen LogP contribution is 2.43. The molecule has 1 fully saturated rings. The lowest BCUT2D eigenvalue weighted by Crippen LogP contribution is -2.35. The van der Waals surface area contributed by atoms with Crippen LogP contribution in [0, 0.1) is 5.92 Å².